The maximum Gasteiger partial charge on any atom is 0.0546 e. The lowest BCUT2D eigenvalue weighted by Gasteiger charge is -2.39. The van der Waals surface area contributed by atoms with Crippen LogP contribution in [0.2, 0.25) is 20.1 Å². The Kier molecular flexibility index (Phi) is 7.64. The second kappa shape index (κ2) is 10.2. The minimum atomic E-state index is 0.223. The normalized spacial score (nSPS) is 15.8. The molecule has 1 aliphatic heterocycles. The number of benzene rings is 3. The Morgan fingerprint density at radius 1 is 0.742 bits per heavy atom. The van der Waals surface area contributed by atoms with Gasteiger partial charge in [0.15, 0.2) is 0 Å². The molecular weight excluding hydrogens is 490 g/mol. The second-order valence-electron chi connectivity index (χ2n) is 7.54. The van der Waals surface area contributed by atoms with Crippen molar-refractivity contribution in [3.05, 3.63) is 86.3 Å². The van der Waals surface area contributed by atoms with E-state index in [2.05, 4.69) is 34.9 Å². The molecule has 0 N–H and O–H groups in total. The molecule has 0 spiro atoms. The Morgan fingerprint density at radius 3 is 2.16 bits per heavy atom. The number of hydrogen-bond acceptors (Lipinski definition) is 3. The Hall–Kier alpha value is -1.07. The molecule has 2 nitrogen and oxygen atoms in total. The lowest BCUT2D eigenvalue weighted by molar-refractivity contribution is 0.196. The predicted molar refractivity (Wildman–Crippen MR) is 136 cm³/mol. The first-order valence-corrected chi connectivity index (χ1v) is 12.4. The van der Waals surface area contributed by atoms with Gasteiger partial charge in [-0.3, -0.25) is 4.90 Å². The molecule has 0 amide bonds. The third kappa shape index (κ3) is 5.65. The highest BCUT2D eigenvalue weighted by Crippen LogP contribution is 2.40. The van der Waals surface area contributed by atoms with Crippen LogP contribution in [0, 0.1) is 0 Å². The molecule has 0 aromatic heterocycles. The molecule has 3 aromatic carbocycles. The maximum absolute atomic E-state index is 6.41. The molecule has 1 aliphatic rings. The molecule has 0 bridgehead atoms. The van der Waals surface area contributed by atoms with Crippen LogP contribution in [0.25, 0.3) is 0 Å². The zero-order valence-electron chi connectivity index (χ0n) is 17.0. The van der Waals surface area contributed by atoms with Gasteiger partial charge in [0.1, 0.15) is 0 Å². The fourth-order valence-corrected chi connectivity index (χ4v) is 5.76. The van der Waals surface area contributed by atoms with Gasteiger partial charge in [0.25, 0.3) is 0 Å². The molecule has 1 fully saturated rings. The summed E-state index contributed by atoms with van der Waals surface area (Å²) in [7, 11) is 0. The monoisotopic (exact) mass is 510 g/mol. The van der Waals surface area contributed by atoms with E-state index < -0.39 is 0 Å². The minimum absolute atomic E-state index is 0.223. The fraction of sp³-hybridized carbons (Fsp3) is 0.250. The van der Waals surface area contributed by atoms with Crippen molar-refractivity contribution >= 4 is 63.9 Å². The van der Waals surface area contributed by atoms with E-state index in [9.17, 15) is 0 Å². The van der Waals surface area contributed by atoms with Gasteiger partial charge in [0, 0.05) is 62.8 Å². The zero-order chi connectivity index (χ0) is 22.0. The van der Waals surface area contributed by atoms with Crippen molar-refractivity contribution in [1.29, 1.82) is 0 Å². The predicted octanol–water partition coefficient (Wildman–Crippen LogP) is 8.33. The third-order valence-electron chi connectivity index (χ3n) is 5.57. The van der Waals surface area contributed by atoms with E-state index in [4.69, 9.17) is 46.4 Å². The maximum atomic E-state index is 6.41. The molecular formula is C24H22Cl4N2S. The van der Waals surface area contributed by atoms with Crippen molar-refractivity contribution in [3.8, 4) is 0 Å². The largest absolute Gasteiger partial charge is 0.369 e. The highest BCUT2D eigenvalue weighted by Gasteiger charge is 2.24. The summed E-state index contributed by atoms with van der Waals surface area (Å²) in [6.45, 7) is 6.07. The third-order valence-corrected chi connectivity index (χ3v) is 7.87. The first-order chi connectivity index (χ1) is 14.9. The van der Waals surface area contributed by atoms with E-state index in [1.807, 2.05) is 36.4 Å². The summed E-state index contributed by atoms with van der Waals surface area (Å²) in [6, 6.07) is 19.9. The van der Waals surface area contributed by atoms with Gasteiger partial charge in [-0.15, -0.1) is 0 Å². The van der Waals surface area contributed by atoms with Gasteiger partial charge in [-0.05, 0) is 67.1 Å². The van der Waals surface area contributed by atoms with Crippen molar-refractivity contribution in [2.45, 2.75) is 22.8 Å². The van der Waals surface area contributed by atoms with E-state index in [0.717, 1.165) is 46.0 Å². The minimum Gasteiger partial charge on any atom is -0.369 e. The summed E-state index contributed by atoms with van der Waals surface area (Å²) in [5, 5.41) is 2.88. The highest BCUT2D eigenvalue weighted by molar-refractivity contribution is 7.99. The van der Waals surface area contributed by atoms with Crippen LogP contribution in [-0.4, -0.2) is 31.1 Å². The fourth-order valence-electron chi connectivity index (χ4n) is 3.85. The Balaban J connectivity index is 1.51. The van der Waals surface area contributed by atoms with Crippen LogP contribution in [0.5, 0.6) is 0 Å². The second-order valence-corrected chi connectivity index (χ2v) is 10.3. The SMILES string of the molecule is C[C@@H](c1cc(Cl)ccc1Sc1cc(Cl)ccc1Cl)N1CCN(c2cccc(Cl)c2)CC1. The van der Waals surface area contributed by atoms with Crippen molar-refractivity contribution in [1.82, 2.24) is 4.90 Å². The topological polar surface area (TPSA) is 6.48 Å². The van der Waals surface area contributed by atoms with Crippen LogP contribution in [0.4, 0.5) is 5.69 Å². The average Bonchev–Trinajstić information content (AvgIpc) is 2.77. The molecule has 3 aromatic rings. The summed E-state index contributed by atoms with van der Waals surface area (Å²) < 4.78 is 0. The van der Waals surface area contributed by atoms with Crippen LogP contribution in [-0.2, 0) is 0 Å². The summed E-state index contributed by atoms with van der Waals surface area (Å²) in [5.74, 6) is 0. The Bertz CT molecular complexity index is 1070. The molecule has 0 saturated carbocycles. The average molecular weight is 512 g/mol. The van der Waals surface area contributed by atoms with Crippen LogP contribution >= 0.6 is 58.2 Å². The molecule has 1 heterocycles. The van der Waals surface area contributed by atoms with Gasteiger partial charge >= 0.3 is 0 Å². The van der Waals surface area contributed by atoms with E-state index in [-0.39, 0.29) is 6.04 Å². The molecule has 4 rings (SSSR count). The number of halogens is 4. The van der Waals surface area contributed by atoms with Gasteiger partial charge in [0.2, 0.25) is 0 Å². The van der Waals surface area contributed by atoms with Crippen LogP contribution in [0.3, 0.4) is 0 Å². The molecule has 7 heteroatoms. The number of piperazine rings is 1. The lowest BCUT2D eigenvalue weighted by atomic mass is 10.1. The number of anilines is 1. The van der Waals surface area contributed by atoms with Crippen molar-refractivity contribution < 1.29 is 0 Å². The molecule has 1 saturated heterocycles. The van der Waals surface area contributed by atoms with Crippen LogP contribution in [0.1, 0.15) is 18.5 Å². The number of hydrogen-bond donors (Lipinski definition) is 0. The summed E-state index contributed by atoms with van der Waals surface area (Å²) in [6.07, 6.45) is 0. The summed E-state index contributed by atoms with van der Waals surface area (Å²) in [5.41, 5.74) is 2.37. The standard InChI is InChI=1S/C24H22Cl4N2S/c1-16(29-9-11-30(12-10-29)20-4-2-3-17(25)13-20)21-14-18(26)6-8-23(21)31-24-15-19(27)5-7-22(24)28/h2-8,13-16H,9-12H2,1H3/t16-/m0/s1. The van der Waals surface area contributed by atoms with Crippen LogP contribution in [0.15, 0.2) is 70.5 Å². The van der Waals surface area contributed by atoms with Crippen LogP contribution < -0.4 is 4.90 Å². The number of rotatable bonds is 5. The summed E-state index contributed by atoms with van der Waals surface area (Å²) >= 11 is 26.8. The molecule has 0 aliphatic carbocycles. The van der Waals surface area contributed by atoms with Gasteiger partial charge in [-0.2, -0.15) is 0 Å². The van der Waals surface area contributed by atoms with E-state index in [1.165, 1.54) is 11.3 Å². The van der Waals surface area contributed by atoms with E-state index in [0.29, 0.717) is 10.0 Å². The van der Waals surface area contributed by atoms with Gasteiger partial charge in [0.05, 0.1) is 5.02 Å². The highest BCUT2D eigenvalue weighted by atomic mass is 35.5. The van der Waals surface area contributed by atoms with Gasteiger partial charge < -0.3 is 4.90 Å². The first-order valence-electron chi connectivity index (χ1n) is 10.1. The first kappa shape index (κ1) is 23.1. The van der Waals surface area contributed by atoms with Crippen molar-refractivity contribution in [3.63, 3.8) is 0 Å². The smallest absolute Gasteiger partial charge is 0.0546 e. The van der Waals surface area contributed by atoms with E-state index >= 15 is 0 Å². The van der Waals surface area contributed by atoms with Crippen molar-refractivity contribution in [2.24, 2.45) is 0 Å². The molecule has 1 atom stereocenters. The number of nitrogens with zero attached hydrogens (tertiary/aromatic N) is 2. The van der Waals surface area contributed by atoms with Gasteiger partial charge in [-0.25, -0.2) is 0 Å². The lowest BCUT2D eigenvalue weighted by Crippen LogP contribution is -2.47. The van der Waals surface area contributed by atoms with Gasteiger partial charge in [-0.1, -0.05) is 64.2 Å². The Morgan fingerprint density at radius 2 is 1.42 bits per heavy atom. The van der Waals surface area contributed by atoms with Crippen molar-refractivity contribution in [2.75, 3.05) is 31.1 Å². The Labute approximate surface area is 208 Å². The molecule has 162 valence electrons. The molecule has 0 unspecified atom stereocenters. The molecule has 0 radical (unpaired) electrons. The zero-order valence-corrected chi connectivity index (χ0v) is 20.8. The summed E-state index contributed by atoms with van der Waals surface area (Å²) in [4.78, 5) is 6.96. The quantitative estimate of drug-likeness (QED) is 0.339. The molecule has 31 heavy (non-hydrogen) atoms. The van der Waals surface area contributed by atoms with E-state index in [1.54, 1.807) is 17.8 Å².